The molecule has 0 bridgehead atoms. The molecular weight excluding hydrogens is 258 g/mol. The van der Waals surface area contributed by atoms with Crippen molar-refractivity contribution in [2.75, 3.05) is 0 Å². The Bertz CT molecular complexity index is 864. The Kier molecular flexibility index (Phi) is 2.32. The molecule has 2 aliphatic carbocycles. The van der Waals surface area contributed by atoms with Gasteiger partial charge >= 0.3 is 0 Å². The number of hydrogen-bond acceptors (Lipinski definition) is 4. The van der Waals surface area contributed by atoms with Crippen molar-refractivity contribution in [3.8, 4) is 11.5 Å². The molecule has 3 nitrogen and oxygen atoms in total. The Morgan fingerprint density at radius 2 is 1.89 bits per heavy atom. The lowest BCUT2D eigenvalue weighted by Crippen LogP contribution is -2.02. The normalized spacial score (nSPS) is 13.9. The Labute approximate surface area is 113 Å². The van der Waals surface area contributed by atoms with Crippen molar-refractivity contribution < 1.29 is 4.42 Å². The molecule has 1 heterocycles. The Morgan fingerprint density at radius 3 is 2.74 bits per heavy atom. The van der Waals surface area contributed by atoms with E-state index in [0.29, 0.717) is 11.3 Å². The van der Waals surface area contributed by atoms with Crippen molar-refractivity contribution in [2.45, 2.75) is 19.3 Å². The summed E-state index contributed by atoms with van der Waals surface area (Å²) in [5.74, 6) is 0.527. The van der Waals surface area contributed by atoms with Crippen molar-refractivity contribution in [3.63, 3.8) is 0 Å². The third-order valence-corrected chi connectivity index (χ3v) is 4.49. The van der Waals surface area contributed by atoms with Gasteiger partial charge in [0.1, 0.15) is 0 Å². The van der Waals surface area contributed by atoms with Crippen LogP contribution in [0.2, 0.25) is 0 Å². The largest absolute Gasteiger partial charge is 0.432 e. The van der Waals surface area contributed by atoms with Crippen LogP contribution in [0.15, 0.2) is 39.5 Å². The van der Waals surface area contributed by atoms with Crippen molar-refractivity contribution >= 4 is 11.5 Å². The van der Waals surface area contributed by atoms with Gasteiger partial charge in [-0.3, -0.25) is 4.79 Å². The molecule has 1 aliphatic heterocycles. The number of nitrogens with zero attached hydrogens (tertiary/aromatic N) is 1. The maximum atomic E-state index is 12.3. The van der Waals surface area contributed by atoms with Gasteiger partial charge in [-0.2, -0.15) is 4.37 Å². The van der Waals surface area contributed by atoms with E-state index in [2.05, 4.69) is 4.37 Å². The highest BCUT2D eigenvalue weighted by atomic mass is 32.1. The zero-order valence-corrected chi connectivity index (χ0v) is 11.0. The first kappa shape index (κ1) is 10.9. The molecule has 94 valence electrons. The van der Waals surface area contributed by atoms with Gasteiger partial charge in [-0.25, -0.2) is 0 Å². The summed E-state index contributed by atoms with van der Waals surface area (Å²) < 4.78 is 11.1. The SMILES string of the molecule is O=c1c2c(c3snc(-c4ccccc4)oc1=3)CCC2. The van der Waals surface area contributed by atoms with E-state index in [-0.39, 0.29) is 5.43 Å². The standard InChI is InChI=1S/C15H11NO2S/c17-12-10-7-4-8-11(10)14-13(12)18-15(16-19-14)9-5-2-1-3-6-9/h1-3,5-6H,4,7-8H2. The second kappa shape index (κ2) is 4.03. The number of rotatable bonds is 1. The molecule has 4 rings (SSSR count). The van der Waals surface area contributed by atoms with E-state index in [9.17, 15) is 4.79 Å². The molecule has 0 saturated carbocycles. The van der Waals surface area contributed by atoms with Crippen LogP contribution < -0.4 is 5.43 Å². The van der Waals surface area contributed by atoms with Gasteiger partial charge in [0.2, 0.25) is 11.3 Å². The van der Waals surface area contributed by atoms with Crippen LogP contribution in [0.25, 0.3) is 11.5 Å². The van der Waals surface area contributed by atoms with Crippen molar-refractivity contribution in [3.05, 3.63) is 61.6 Å². The van der Waals surface area contributed by atoms with Crippen LogP contribution in [0.3, 0.4) is 0 Å². The van der Waals surface area contributed by atoms with Crippen molar-refractivity contribution in [1.82, 2.24) is 4.37 Å². The molecule has 0 N–H and O–H groups in total. The molecule has 0 saturated heterocycles. The van der Waals surface area contributed by atoms with Crippen LogP contribution in [-0.2, 0) is 12.8 Å². The summed E-state index contributed by atoms with van der Waals surface area (Å²) in [4.78, 5) is 12.3. The minimum atomic E-state index is 0.0679. The van der Waals surface area contributed by atoms with E-state index < -0.39 is 0 Å². The molecular formula is C15H11NO2S. The monoisotopic (exact) mass is 269 g/mol. The fourth-order valence-corrected chi connectivity index (χ4v) is 3.58. The third-order valence-electron chi connectivity index (χ3n) is 3.62. The number of benzene rings is 1. The predicted octanol–water partition coefficient (Wildman–Crippen LogP) is 2.98. The average molecular weight is 269 g/mol. The molecule has 4 heteroatoms. The first-order valence-electron chi connectivity index (χ1n) is 6.34. The summed E-state index contributed by atoms with van der Waals surface area (Å²) in [5.41, 5.74) is 3.58. The van der Waals surface area contributed by atoms with E-state index in [4.69, 9.17) is 4.42 Å². The van der Waals surface area contributed by atoms with Crippen LogP contribution >= 0.6 is 11.5 Å². The van der Waals surface area contributed by atoms with Crippen LogP contribution in [0.4, 0.5) is 0 Å². The van der Waals surface area contributed by atoms with Gasteiger partial charge in [0.05, 0.1) is 4.53 Å². The van der Waals surface area contributed by atoms with Gasteiger partial charge < -0.3 is 4.42 Å². The highest BCUT2D eigenvalue weighted by molar-refractivity contribution is 7.03. The summed E-state index contributed by atoms with van der Waals surface area (Å²) in [7, 11) is 0. The van der Waals surface area contributed by atoms with Crippen molar-refractivity contribution in [2.24, 2.45) is 0 Å². The molecule has 3 aliphatic rings. The molecule has 1 aromatic carbocycles. The summed E-state index contributed by atoms with van der Waals surface area (Å²) in [6.07, 6.45) is 2.93. The molecule has 0 aromatic heterocycles. The minimum Gasteiger partial charge on any atom is -0.432 e. The van der Waals surface area contributed by atoms with E-state index >= 15 is 0 Å². The molecule has 0 amide bonds. The first-order valence-corrected chi connectivity index (χ1v) is 7.11. The topological polar surface area (TPSA) is 43.1 Å². The zero-order valence-electron chi connectivity index (χ0n) is 10.2. The lowest BCUT2D eigenvalue weighted by molar-refractivity contribution is 0.520. The van der Waals surface area contributed by atoms with Crippen LogP contribution in [0.5, 0.6) is 0 Å². The van der Waals surface area contributed by atoms with Gasteiger partial charge in [-0.05, 0) is 48.5 Å². The molecule has 1 aromatic rings. The molecule has 0 unspecified atom stereocenters. The smallest absolute Gasteiger partial charge is 0.237 e. The quantitative estimate of drug-likeness (QED) is 0.682. The fraction of sp³-hybridized carbons (Fsp3) is 0.200. The minimum absolute atomic E-state index is 0.0679. The van der Waals surface area contributed by atoms with Gasteiger partial charge in [-0.15, -0.1) is 0 Å². The Hall–Kier alpha value is -1.94. The molecule has 0 atom stereocenters. The molecule has 0 fully saturated rings. The van der Waals surface area contributed by atoms with Crippen LogP contribution in [0, 0.1) is 9.95 Å². The summed E-state index contributed by atoms with van der Waals surface area (Å²) in [6.45, 7) is 0. The molecule has 0 radical (unpaired) electrons. The van der Waals surface area contributed by atoms with E-state index in [1.54, 1.807) is 0 Å². The fourth-order valence-electron chi connectivity index (χ4n) is 2.71. The maximum Gasteiger partial charge on any atom is 0.237 e. The van der Waals surface area contributed by atoms with E-state index in [0.717, 1.165) is 34.9 Å². The van der Waals surface area contributed by atoms with Gasteiger partial charge in [0, 0.05) is 11.1 Å². The average Bonchev–Trinajstić information content (AvgIpc) is 3.04. The Morgan fingerprint density at radius 1 is 1.11 bits per heavy atom. The van der Waals surface area contributed by atoms with Gasteiger partial charge in [0.25, 0.3) is 0 Å². The number of aromatic nitrogens is 1. The number of hydrogen-bond donors (Lipinski definition) is 0. The highest BCUT2D eigenvalue weighted by Gasteiger charge is 2.22. The molecule has 0 spiro atoms. The molecule has 19 heavy (non-hydrogen) atoms. The summed E-state index contributed by atoms with van der Waals surface area (Å²) in [6, 6.07) is 9.69. The van der Waals surface area contributed by atoms with E-state index in [1.807, 2.05) is 30.3 Å². The van der Waals surface area contributed by atoms with Crippen molar-refractivity contribution in [1.29, 1.82) is 0 Å². The van der Waals surface area contributed by atoms with Crippen LogP contribution in [-0.4, -0.2) is 4.37 Å². The highest BCUT2D eigenvalue weighted by Crippen LogP contribution is 2.26. The second-order valence-electron chi connectivity index (χ2n) is 4.75. The number of fused-ring (bicyclic) bond motifs is 2. The third kappa shape index (κ3) is 1.56. The lowest BCUT2D eigenvalue weighted by atomic mass is 10.2. The van der Waals surface area contributed by atoms with Crippen LogP contribution in [0.1, 0.15) is 17.5 Å². The van der Waals surface area contributed by atoms with Gasteiger partial charge in [-0.1, -0.05) is 18.2 Å². The first-order chi connectivity index (χ1) is 9.34. The zero-order chi connectivity index (χ0) is 12.8. The summed E-state index contributed by atoms with van der Waals surface area (Å²) in [5, 5.41) is 0. The van der Waals surface area contributed by atoms with E-state index in [1.165, 1.54) is 17.1 Å². The second-order valence-corrected chi connectivity index (χ2v) is 5.53. The Balaban J connectivity index is 2.02. The maximum absolute atomic E-state index is 12.3. The summed E-state index contributed by atoms with van der Waals surface area (Å²) >= 11 is 1.38. The van der Waals surface area contributed by atoms with Gasteiger partial charge in [0.15, 0.2) is 5.42 Å². The predicted molar refractivity (Wildman–Crippen MR) is 73.4 cm³/mol. The lowest BCUT2D eigenvalue weighted by Gasteiger charge is -1.97.